The zero-order valence-electron chi connectivity index (χ0n) is 21.8. The second kappa shape index (κ2) is 13.5. The van der Waals surface area contributed by atoms with Crippen molar-refractivity contribution in [3.8, 4) is 22.8 Å². The first-order valence-electron chi connectivity index (χ1n) is 12.4. The standard InChI is InChI=1S/C31H24BrClN4O3S/c1-39-29-16-21(4-15-28(29)40-18-20-2-9-24(32)10-3-20)17-34-37-30(38)23-7-5-22(6-8-23)27-19-41-31(36-27)35-26-13-11-25(33)12-14-26/h2-17,19H,18H2,1H3,(H,35,36)(H,37,38)/b34-17-. The van der Waals surface area contributed by atoms with Crippen LogP contribution in [0.3, 0.4) is 0 Å². The molecule has 5 rings (SSSR count). The Morgan fingerprint density at radius 1 is 1.00 bits per heavy atom. The number of benzene rings is 4. The number of anilines is 2. The molecule has 0 aliphatic heterocycles. The topological polar surface area (TPSA) is 84.8 Å². The number of nitrogens with zero attached hydrogens (tertiary/aromatic N) is 2. The number of hydrogen-bond donors (Lipinski definition) is 2. The van der Waals surface area contributed by atoms with Crippen LogP contribution in [0.25, 0.3) is 11.3 Å². The lowest BCUT2D eigenvalue weighted by Crippen LogP contribution is -2.17. The summed E-state index contributed by atoms with van der Waals surface area (Å²) >= 11 is 10.9. The van der Waals surface area contributed by atoms with E-state index in [0.717, 1.165) is 37.7 Å². The normalized spacial score (nSPS) is 10.9. The Morgan fingerprint density at radius 3 is 2.49 bits per heavy atom. The molecule has 10 heteroatoms. The van der Waals surface area contributed by atoms with E-state index >= 15 is 0 Å². The number of methoxy groups -OCH3 is 1. The molecule has 0 atom stereocenters. The molecule has 1 amide bonds. The van der Waals surface area contributed by atoms with Crippen LogP contribution in [-0.4, -0.2) is 24.2 Å². The van der Waals surface area contributed by atoms with Gasteiger partial charge in [0, 0.05) is 31.7 Å². The van der Waals surface area contributed by atoms with Gasteiger partial charge in [0.15, 0.2) is 16.6 Å². The number of rotatable bonds is 10. The maximum Gasteiger partial charge on any atom is 0.271 e. The number of hydrogen-bond acceptors (Lipinski definition) is 7. The van der Waals surface area contributed by atoms with Crippen LogP contribution in [0.15, 0.2) is 106 Å². The molecule has 0 aliphatic carbocycles. The smallest absolute Gasteiger partial charge is 0.271 e. The van der Waals surface area contributed by atoms with E-state index in [9.17, 15) is 4.79 Å². The maximum absolute atomic E-state index is 12.6. The molecule has 0 unspecified atom stereocenters. The predicted octanol–water partition coefficient (Wildman–Crippen LogP) is 8.32. The highest BCUT2D eigenvalue weighted by Crippen LogP contribution is 2.29. The van der Waals surface area contributed by atoms with Gasteiger partial charge < -0.3 is 14.8 Å². The van der Waals surface area contributed by atoms with Crippen LogP contribution in [-0.2, 0) is 6.61 Å². The van der Waals surface area contributed by atoms with Gasteiger partial charge in [0.1, 0.15) is 6.61 Å². The lowest BCUT2D eigenvalue weighted by atomic mass is 10.1. The Balaban J connectivity index is 1.15. The first-order chi connectivity index (χ1) is 20.0. The van der Waals surface area contributed by atoms with E-state index in [1.807, 2.05) is 78.2 Å². The Kier molecular flexibility index (Phi) is 9.30. The average Bonchev–Trinajstić information content (AvgIpc) is 3.47. The molecule has 2 N–H and O–H groups in total. The largest absolute Gasteiger partial charge is 0.493 e. The van der Waals surface area contributed by atoms with Crippen molar-refractivity contribution in [3.05, 3.63) is 123 Å². The number of thiazole rings is 1. The van der Waals surface area contributed by atoms with Gasteiger partial charge in [-0.1, -0.05) is 51.8 Å². The third-order valence-electron chi connectivity index (χ3n) is 5.92. The minimum absolute atomic E-state index is 0.322. The molecule has 0 fully saturated rings. The lowest BCUT2D eigenvalue weighted by molar-refractivity contribution is 0.0955. The van der Waals surface area contributed by atoms with Gasteiger partial charge >= 0.3 is 0 Å². The minimum atomic E-state index is -0.322. The third kappa shape index (κ3) is 7.73. The average molecular weight is 648 g/mol. The highest BCUT2D eigenvalue weighted by molar-refractivity contribution is 9.10. The highest BCUT2D eigenvalue weighted by Gasteiger charge is 2.09. The third-order valence-corrected chi connectivity index (χ3v) is 7.46. The summed E-state index contributed by atoms with van der Waals surface area (Å²) in [5.41, 5.74) is 7.46. The van der Waals surface area contributed by atoms with Gasteiger partial charge in [-0.3, -0.25) is 4.79 Å². The number of nitrogens with one attached hydrogen (secondary N) is 2. The molecule has 4 aromatic carbocycles. The second-order valence-corrected chi connectivity index (χ2v) is 11.0. The van der Waals surface area contributed by atoms with Crippen LogP contribution in [0.5, 0.6) is 11.5 Å². The van der Waals surface area contributed by atoms with Crippen molar-refractivity contribution < 1.29 is 14.3 Å². The molecular weight excluding hydrogens is 624 g/mol. The number of ether oxygens (including phenoxy) is 2. The van der Waals surface area contributed by atoms with Crippen molar-refractivity contribution in [2.45, 2.75) is 6.61 Å². The van der Waals surface area contributed by atoms with Crippen LogP contribution in [0.4, 0.5) is 10.8 Å². The molecule has 0 aliphatic rings. The van der Waals surface area contributed by atoms with Gasteiger partial charge in [-0.05, 0) is 77.9 Å². The van der Waals surface area contributed by atoms with Crippen LogP contribution >= 0.6 is 38.9 Å². The van der Waals surface area contributed by atoms with Gasteiger partial charge in [-0.2, -0.15) is 5.10 Å². The summed E-state index contributed by atoms with van der Waals surface area (Å²) in [4.78, 5) is 17.3. The Bertz CT molecular complexity index is 1660. The number of amides is 1. The molecule has 206 valence electrons. The van der Waals surface area contributed by atoms with Crippen molar-refractivity contribution >= 4 is 61.8 Å². The Morgan fingerprint density at radius 2 is 1.76 bits per heavy atom. The molecule has 0 saturated carbocycles. The molecular formula is C31H24BrClN4O3S. The SMILES string of the molecule is COc1cc(/C=N\NC(=O)c2ccc(-c3csc(Nc4ccc(Cl)cc4)n3)cc2)ccc1OCc1ccc(Br)cc1. The van der Waals surface area contributed by atoms with Crippen LogP contribution < -0.4 is 20.2 Å². The fraction of sp³-hybridized carbons (Fsp3) is 0.0645. The lowest BCUT2D eigenvalue weighted by Gasteiger charge is -2.11. The van der Waals surface area contributed by atoms with Crippen LogP contribution in [0.2, 0.25) is 5.02 Å². The summed E-state index contributed by atoms with van der Waals surface area (Å²) in [5, 5.41) is 10.8. The monoisotopic (exact) mass is 646 g/mol. The molecule has 41 heavy (non-hydrogen) atoms. The van der Waals surface area contributed by atoms with Gasteiger partial charge in [0.05, 0.1) is 19.0 Å². The summed E-state index contributed by atoms with van der Waals surface area (Å²) < 4.78 is 12.4. The summed E-state index contributed by atoms with van der Waals surface area (Å²) in [6.07, 6.45) is 1.55. The summed E-state index contributed by atoms with van der Waals surface area (Å²) in [5.74, 6) is 0.865. The van der Waals surface area contributed by atoms with Crippen LogP contribution in [0.1, 0.15) is 21.5 Å². The highest BCUT2D eigenvalue weighted by atomic mass is 79.9. The van der Waals surface area contributed by atoms with E-state index < -0.39 is 0 Å². The van der Waals surface area contributed by atoms with Crippen molar-refractivity contribution in [1.29, 1.82) is 0 Å². The van der Waals surface area contributed by atoms with E-state index in [1.54, 1.807) is 31.5 Å². The van der Waals surface area contributed by atoms with Gasteiger partial charge in [0.25, 0.3) is 5.91 Å². The number of aromatic nitrogens is 1. The molecule has 0 spiro atoms. The van der Waals surface area contributed by atoms with Crippen molar-refractivity contribution in [2.75, 3.05) is 12.4 Å². The molecule has 0 bridgehead atoms. The summed E-state index contributed by atoms with van der Waals surface area (Å²) in [6, 6.07) is 28.0. The van der Waals surface area contributed by atoms with Crippen molar-refractivity contribution in [1.82, 2.24) is 10.4 Å². The zero-order chi connectivity index (χ0) is 28.6. The predicted molar refractivity (Wildman–Crippen MR) is 169 cm³/mol. The van der Waals surface area contributed by atoms with Gasteiger partial charge in [0.2, 0.25) is 0 Å². The molecule has 5 aromatic rings. The van der Waals surface area contributed by atoms with Gasteiger partial charge in [-0.25, -0.2) is 10.4 Å². The van der Waals surface area contributed by atoms with Gasteiger partial charge in [-0.15, -0.1) is 11.3 Å². The van der Waals surface area contributed by atoms with E-state index in [4.69, 9.17) is 21.1 Å². The number of hydrazone groups is 1. The van der Waals surface area contributed by atoms with E-state index in [2.05, 4.69) is 36.8 Å². The van der Waals surface area contributed by atoms with E-state index in [1.165, 1.54) is 11.3 Å². The number of halogens is 2. The second-order valence-electron chi connectivity index (χ2n) is 8.77. The molecule has 1 aromatic heterocycles. The summed E-state index contributed by atoms with van der Waals surface area (Å²) in [7, 11) is 1.58. The fourth-order valence-electron chi connectivity index (χ4n) is 3.77. The number of carbonyl (C=O) groups excluding carboxylic acids is 1. The number of carbonyl (C=O) groups is 1. The summed E-state index contributed by atoms with van der Waals surface area (Å²) in [6.45, 7) is 0.413. The maximum atomic E-state index is 12.6. The van der Waals surface area contributed by atoms with E-state index in [0.29, 0.717) is 28.7 Å². The Labute approximate surface area is 255 Å². The minimum Gasteiger partial charge on any atom is -0.493 e. The van der Waals surface area contributed by atoms with Crippen LogP contribution in [0, 0.1) is 0 Å². The first kappa shape index (κ1) is 28.4. The molecule has 7 nitrogen and oxygen atoms in total. The van der Waals surface area contributed by atoms with Crippen molar-refractivity contribution in [3.63, 3.8) is 0 Å². The van der Waals surface area contributed by atoms with E-state index in [-0.39, 0.29) is 5.91 Å². The molecule has 0 saturated heterocycles. The fourth-order valence-corrected chi connectivity index (χ4v) is 4.90. The first-order valence-corrected chi connectivity index (χ1v) is 14.5. The molecule has 0 radical (unpaired) electrons. The zero-order valence-corrected chi connectivity index (χ0v) is 25.0. The molecule has 1 heterocycles. The quantitative estimate of drug-likeness (QED) is 0.118. The Hall–Kier alpha value is -4.18. The van der Waals surface area contributed by atoms with Crippen molar-refractivity contribution in [2.24, 2.45) is 5.10 Å².